The van der Waals surface area contributed by atoms with Crippen molar-refractivity contribution < 1.29 is 13.9 Å². The maximum absolute atomic E-state index is 13.4. The Balaban J connectivity index is 1.97. The molecule has 1 heterocycles. The van der Waals surface area contributed by atoms with Crippen molar-refractivity contribution in [3.8, 4) is 5.75 Å². The highest BCUT2D eigenvalue weighted by Gasteiger charge is 2.26. The van der Waals surface area contributed by atoms with Crippen molar-refractivity contribution in [2.24, 2.45) is 0 Å². The monoisotopic (exact) mass is 365 g/mol. The minimum absolute atomic E-state index is 0.175. The number of Topliss-reactive ketones (excluding diaryl/α,β-unsaturated/α-hetero) is 1. The SMILES string of the molecule is O=C(c1ccc(Cl)cc1Cl)C(Oc1cccc(F)c1)n1cncn1. The first-order chi connectivity index (χ1) is 11.5. The van der Waals surface area contributed by atoms with E-state index in [1.165, 1.54) is 53.7 Å². The lowest BCUT2D eigenvalue weighted by Crippen LogP contribution is -2.26. The zero-order valence-corrected chi connectivity index (χ0v) is 13.6. The summed E-state index contributed by atoms with van der Waals surface area (Å²) in [5, 5.41) is 4.51. The minimum Gasteiger partial charge on any atom is -0.461 e. The number of hydrogen-bond acceptors (Lipinski definition) is 4. The molecular weight excluding hydrogens is 356 g/mol. The van der Waals surface area contributed by atoms with Crippen molar-refractivity contribution in [3.63, 3.8) is 0 Å². The lowest BCUT2D eigenvalue weighted by molar-refractivity contribution is 0.0618. The topological polar surface area (TPSA) is 57.0 Å². The van der Waals surface area contributed by atoms with Gasteiger partial charge in [-0.05, 0) is 30.3 Å². The number of benzene rings is 2. The van der Waals surface area contributed by atoms with Gasteiger partial charge in [-0.2, -0.15) is 5.10 Å². The van der Waals surface area contributed by atoms with E-state index in [4.69, 9.17) is 27.9 Å². The molecule has 5 nitrogen and oxygen atoms in total. The first kappa shape index (κ1) is 16.4. The van der Waals surface area contributed by atoms with Crippen LogP contribution in [0.25, 0.3) is 0 Å². The van der Waals surface area contributed by atoms with Gasteiger partial charge in [-0.1, -0.05) is 29.3 Å². The number of ether oxygens (including phenoxy) is 1. The summed E-state index contributed by atoms with van der Waals surface area (Å²) >= 11 is 11.9. The second kappa shape index (κ2) is 6.98. The molecule has 0 aliphatic rings. The predicted octanol–water partition coefficient (Wildman–Crippen LogP) is 4.18. The third kappa shape index (κ3) is 3.55. The average molecular weight is 366 g/mol. The minimum atomic E-state index is -1.19. The van der Waals surface area contributed by atoms with Gasteiger partial charge >= 0.3 is 0 Å². The number of carbonyl (C=O) groups is 1. The summed E-state index contributed by atoms with van der Waals surface area (Å²) in [5.74, 6) is -0.776. The molecule has 8 heteroatoms. The molecule has 2 aromatic carbocycles. The first-order valence-electron chi connectivity index (χ1n) is 6.80. The van der Waals surface area contributed by atoms with E-state index < -0.39 is 17.8 Å². The van der Waals surface area contributed by atoms with Crippen LogP contribution in [0.1, 0.15) is 16.6 Å². The zero-order valence-electron chi connectivity index (χ0n) is 12.1. The summed E-state index contributed by atoms with van der Waals surface area (Å²) in [4.78, 5) is 16.6. The fourth-order valence-corrected chi connectivity index (χ4v) is 2.56. The molecule has 0 saturated heterocycles. The molecule has 0 bridgehead atoms. The largest absolute Gasteiger partial charge is 0.461 e. The number of rotatable bonds is 5. The fraction of sp³-hybridized carbons (Fsp3) is 0.0625. The van der Waals surface area contributed by atoms with Crippen molar-refractivity contribution in [1.82, 2.24) is 14.8 Å². The summed E-state index contributed by atoms with van der Waals surface area (Å²) in [6.45, 7) is 0. The Morgan fingerprint density at radius 3 is 2.71 bits per heavy atom. The van der Waals surface area contributed by atoms with Crippen molar-refractivity contribution >= 4 is 29.0 Å². The van der Waals surface area contributed by atoms with Crippen LogP contribution < -0.4 is 4.74 Å². The molecule has 24 heavy (non-hydrogen) atoms. The molecule has 0 amide bonds. The van der Waals surface area contributed by atoms with E-state index in [0.29, 0.717) is 5.02 Å². The van der Waals surface area contributed by atoms with Crippen LogP contribution in [-0.2, 0) is 0 Å². The Hall–Kier alpha value is -2.44. The predicted molar refractivity (Wildman–Crippen MR) is 86.9 cm³/mol. The molecule has 0 N–H and O–H groups in total. The Labute approximate surface area is 146 Å². The van der Waals surface area contributed by atoms with E-state index >= 15 is 0 Å². The summed E-state index contributed by atoms with van der Waals surface area (Å²) in [6.07, 6.45) is 1.40. The molecular formula is C16H10Cl2FN3O2. The van der Waals surface area contributed by atoms with Gasteiger partial charge in [-0.15, -0.1) is 0 Å². The maximum Gasteiger partial charge on any atom is 0.256 e. The average Bonchev–Trinajstić information content (AvgIpc) is 3.06. The van der Waals surface area contributed by atoms with Gasteiger partial charge in [0.25, 0.3) is 6.23 Å². The van der Waals surface area contributed by atoms with Crippen LogP contribution in [0.4, 0.5) is 4.39 Å². The lowest BCUT2D eigenvalue weighted by atomic mass is 10.1. The molecule has 0 fully saturated rings. The zero-order chi connectivity index (χ0) is 17.1. The Bertz CT molecular complexity index is 872. The van der Waals surface area contributed by atoms with Crippen LogP contribution in [0, 0.1) is 5.82 Å². The van der Waals surface area contributed by atoms with E-state index in [1.54, 1.807) is 6.07 Å². The molecule has 3 aromatic rings. The highest BCUT2D eigenvalue weighted by molar-refractivity contribution is 6.36. The van der Waals surface area contributed by atoms with E-state index in [0.717, 1.165) is 0 Å². The maximum atomic E-state index is 13.4. The smallest absolute Gasteiger partial charge is 0.256 e. The Morgan fingerprint density at radius 1 is 1.21 bits per heavy atom. The molecule has 1 aromatic heterocycles. The van der Waals surface area contributed by atoms with Crippen LogP contribution in [0.5, 0.6) is 5.75 Å². The van der Waals surface area contributed by atoms with Crippen molar-refractivity contribution in [2.45, 2.75) is 6.23 Å². The van der Waals surface area contributed by atoms with Crippen molar-refractivity contribution in [3.05, 3.63) is 76.5 Å². The standard InChI is InChI=1S/C16H10Cl2FN3O2/c17-10-4-5-13(14(18)6-10)15(23)16(22-9-20-8-21-22)24-12-3-1-2-11(19)7-12/h1-9,16H. The Morgan fingerprint density at radius 2 is 2.04 bits per heavy atom. The molecule has 3 rings (SSSR count). The van der Waals surface area contributed by atoms with Gasteiger partial charge in [0, 0.05) is 16.7 Å². The molecule has 0 aliphatic heterocycles. The molecule has 0 saturated carbocycles. The van der Waals surface area contributed by atoms with Crippen LogP contribution in [0.2, 0.25) is 10.0 Å². The third-order valence-corrected chi connectivity index (χ3v) is 3.69. The molecule has 0 radical (unpaired) electrons. The summed E-state index contributed by atoms with van der Waals surface area (Å²) < 4.78 is 20.2. The van der Waals surface area contributed by atoms with Gasteiger partial charge in [-0.3, -0.25) is 4.79 Å². The van der Waals surface area contributed by atoms with E-state index in [9.17, 15) is 9.18 Å². The number of hydrogen-bond donors (Lipinski definition) is 0. The van der Waals surface area contributed by atoms with Gasteiger partial charge in [0.05, 0.1) is 5.02 Å². The van der Waals surface area contributed by atoms with E-state index in [1.807, 2.05) is 0 Å². The van der Waals surface area contributed by atoms with Crippen LogP contribution in [0.3, 0.4) is 0 Å². The van der Waals surface area contributed by atoms with Gasteiger partial charge in [0.2, 0.25) is 5.78 Å². The summed E-state index contributed by atoms with van der Waals surface area (Å²) in [6, 6.07) is 9.94. The normalized spacial score (nSPS) is 12.0. The molecule has 1 unspecified atom stereocenters. The van der Waals surface area contributed by atoms with Gasteiger partial charge < -0.3 is 4.74 Å². The van der Waals surface area contributed by atoms with E-state index in [2.05, 4.69) is 10.1 Å². The highest BCUT2D eigenvalue weighted by Crippen LogP contribution is 2.27. The molecule has 1 atom stereocenters. The Kier molecular flexibility index (Phi) is 4.78. The van der Waals surface area contributed by atoms with E-state index in [-0.39, 0.29) is 16.3 Å². The van der Waals surface area contributed by atoms with Crippen LogP contribution in [0.15, 0.2) is 55.1 Å². The number of halogens is 3. The van der Waals surface area contributed by atoms with Gasteiger partial charge in [0.15, 0.2) is 0 Å². The number of nitrogens with zero attached hydrogens (tertiary/aromatic N) is 3. The highest BCUT2D eigenvalue weighted by atomic mass is 35.5. The summed E-state index contributed by atoms with van der Waals surface area (Å²) in [7, 11) is 0. The summed E-state index contributed by atoms with van der Waals surface area (Å²) in [5.41, 5.74) is 0.206. The van der Waals surface area contributed by atoms with Crippen LogP contribution >= 0.6 is 23.2 Å². The molecule has 0 spiro atoms. The number of aromatic nitrogens is 3. The van der Waals surface area contributed by atoms with Crippen molar-refractivity contribution in [2.75, 3.05) is 0 Å². The third-order valence-electron chi connectivity index (χ3n) is 3.14. The second-order valence-electron chi connectivity index (χ2n) is 4.79. The van der Waals surface area contributed by atoms with Crippen molar-refractivity contribution in [1.29, 1.82) is 0 Å². The van der Waals surface area contributed by atoms with Crippen LogP contribution in [-0.4, -0.2) is 20.5 Å². The van der Waals surface area contributed by atoms with Gasteiger partial charge in [-0.25, -0.2) is 14.1 Å². The number of carbonyl (C=O) groups excluding carboxylic acids is 1. The molecule has 0 aliphatic carbocycles. The first-order valence-corrected chi connectivity index (χ1v) is 7.56. The second-order valence-corrected chi connectivity index (χ2v) is 5.64. The number of ketones is 1. The quantitative estimate of drug-likeness (QED) is 0.636. The fourth-order valence-electron chi connectivity index (χ4n) is 2.06. The molecule has 122 valence electrons. The van der Waals surface area contributed by atoms with Gasteiger partial charge in [0.1, 0.15) is 24.2 Å². The lowest BCUT2D eigenvalue weighted by Gasteiger charge is -2.18.